The summed E-state index contributed by atoms with van der Waals surface area (Å²) in [5.41, 5.74) is 1.30. The molecule has 10 heteroatoms. The Morgan fingerprint density at radius 2 is 2.00 bits per heavy atom. The van der Waals surface area contributed by atoms with Crippen LogP contribution in [-0.2, 0) is 16.6 Å². The second kappa shape index (κ2) is 7.85. The molecule has 1 aromatic heterocycles. The van der Waals surface area contributed by atoms with Crippen molar-refractivity contribution in [2.45, 2.75) is 31.4 Å². The third kappa shape index (κ3) is 3.76. The van der Waals surface area contributed by atoms with Gasteiger partial charge in [-0.25, -0.2) is 4.39 Å². The summed E-state index contributed by atoms with van der Waals surface area (Å²) in [4.78, 5) is 26.4. The van der Waals surface area contributed by atoms with E-state index in [9.17, 15) is 22.8 Å². The highest BCUT2D eigenvalue weighted by Gasteiger charge is 2.46. The number of ether oxygens (including phenoxy) is 1. The summed E-state index contributed by atoms with van der Waals surface area (Å²) in [6.07, 6.45) is 1.35. The van der Waals surface area contributed by atoms with E-state index in [1.807, 2.05) is 0 Å². The topological polar surface area (TPSA) is 76.5 Å². The molecule has 1 saturated heterocycles. The molecular weight excluding hydrogens is 425 g/mol. The first-order valence-electron chi connectivity index (χ1n) is 9.86. The van der Waals surface area contributed by atoms with E-state index in [1.165, 1.54) is 30.2 Å². The fraction of sp³-hybridized carbons (Fsp3) is 0.318. The maximum atomic E-state index is 14.9. The number of anilines is 1. The van der Waals surface area contributed by atoms with Crippen LogP contribution in [0.25, 0.3) is 10.9 Å². The molecule has 4 rings (SSSR count). The quantitative estimate of drug-likeness (QED) is 0.652. The summed E-state index contributed by atoms with van der Waals surface area (Å²) >= 11 is 0. The number of benzene rings is 2. The molecule has 1 aliphatic heterocycles. The number of amides is 2. The Kier molecular flexibility index (Phi) is 5.31. The van der Waals surface area contributed by atoms with Crippen LogP contribution in [0.2, 0.25) is 0 Å². The van der Waals surface area contributed by atoms with E-state index >= 15 is 0 Å². The van der Waals surface area contributed by atoms with Gasteiger partial charge in [-0.1, -0.05) is 0 Å². The first kappa shape index (κ1) is 21.7. The van der Waals surface area contributed by atoms with Crippen LogP contribution in [-0.4, -0.2) is 40.7 Å². The maximum absolute atomic E-state index is 14.9. The molecule has 2 aromatic carbocycles. The van der Waals surface area contributed by atoms with E-state index in [0.717, 1.165) is 10.9 Å². The van der Waals surface area contributed by atoms with Gasteiger partial charge in [-0.3, -0.25) is 14.3 Å². The number of carbonyl (C=O) groups is 2. The van der Waals surface area contributed by atoms with Gasteiger partial charge in [-0.15, -0.1) is 0 Å². The van der Waals surface area contributed by atoms with Gasteiger partial charge in [0.05, 0.1) is 30.9 Å². The van der Waals surface area contributed by atoms with Crippen LogP contribution in [0.15, 0.2) is 42.6 Å². The lowest BCUT2D eigenvalue weighted by Gasteiger charge is -2.30. The van der Waals surface area contributed by atoms with Crippen LogP contribution in [0.4, 0.5) is 18.9 Å². The number of hydrogen-bond donors (Lipinski definition) is 1. The van der Waals surface area contributed by atoms with Crippen LogP contribution in [0, 0.1) is 5.82 Å². The largest absolute Gasteiger partial charge is 0.497 e. The fourth-order valence-corrected chi connectivity index (χ4v) is 4.00. The second-order valence-electron chi connectivity index (χ2n) is 7.78. The molecule has 0 radical (unpaired) electrons. The molecule has 168 valence electrons. The van der Waals surface area contributed by atoms with Crippen molar-refractivity contribution in [1.29, 1.82) is 0 Å². The van der Waals surface area contributed by atoms with Crippen LogP contribution in [0.1, 0.15) is 24.9 Å². The fourth-order valence-electron chi connectivity index (χ4n) is 4.00. The lowest BCUT2D eigenvalue weighted by atomic mass is 9.98. The number of aromatic nitrogens is 2. The molecule has 1 aliphatic rings. The van der Waals surface area contributed by atoms with E-state index in [-0.39, 0.29) is 12.0 Å². The molecule has 0 bridgehead atoms. The Bertz CT molecular complexity index is 1200. The van der Waals surface area contributed by atoms with Gasteiger partial charge in [0.15, 0.2) is 0 Å². The van der Waals surface area contributed by atoms with Crippen LogP contribution in [0.5, 0.6) is 5.75 Å². The summed E-state index contributed by atoms with van der Waals surface area (Å²) in [5.74, 6) is -5.95. The minimum Gasteiger partial charge on any atom is -0.497 e. The van der Waals surface area contributed by atoms with Crippen molar-refractivity contribution in [3.8, 4) is 5.75 Å². The first-order chi connectivity index (χ1) is 15.1. The Hall–Kier alpha value is -3.56. The summed E-state index contributed by atoms with van der Waals surface area (Å²) in [6, 6.07) is 7.00. The summed E-state index contributed by atoms with van der Waals surface area (Å²) in [6.45, 7) is 0.467. The van der Waals surface area contributed by atoms with Gasteiger partial charge >= 0.3 is 5.92 Å². The average molecular weight is 446 g/mol. The van der Waals surface area contributed by atoms with E-state index in [0.29, 0.717) is 18.4 Å². The third-order valence-electron chi connectivity index (χ3n) is 5.57. The molecule has 3 aromatic rings. The van der Waals surface area contributed by atoms with Crippen LogP contribution in [0.3, 0.4) is 0 Å². The molecule has 2 amide bonds. The molecule has 0 unspecified atom stereocenters. The molecule has 1 N–H and O–H groups in total. The van der Waals surface area contributed by atoms with Crippen LogP contribution < -0.4 is 15.0 Å². The standard InChI is InChI=1S/C22H21F3N4O3/c1-22(24,25)21(31)27-17-10-19(30)29(13-4-7-18-12(8-13)11-26-28(18)2)20(17)15-9-14(32-3)5-6-16(15)23/h4-9,11,17,20H,10H2,1-3H3,(H,27,31)/t17-,20+/m1/s1. The normalized spacial score (nSPS) is 18.9. The zero-order valence-corrected chi connectivity index (χ0v) is 17.6. The number of nitrogens with one attached hydrogen (secondary N) is 1. The summed E-state index contributed by atoms with van der Waals surface area (Å²) < 4.78 is 48.9. The van der Waals surface area contributed by atoms with E-state index in [1.54, 1.807) is 36.1 Å². The molecule has 7 nitrogen and oxygen atoms in total. The number of nitrogens with zero attached hydrogens (tertiary/aromatic N) is 3. The van der Waals surface area contributed by atoms with Gasteiger partial charge in [0.1, 0.15) is 11.6 Å². The predicted molar refractivity (Wildman–Crippen MR) is 111 cm³/mol. The number of hydrogen-bond acceptors (Lipinski definition) is 4. The van der Waals surface area contributed by atoms with Crippen molar-refractivity contribution >= 4 is 28.4 Å². The van der Waals surface area contributed by atoms with E-state index in [2.05, 4.69) is 10.4 Å². The number of rotatable bonds is 5. The number of aryl methyl sites for hydroxylation is 1. The van der Waals surface area contributed by atoms with E-state index in [4.69, 9.17) is 4.74 Å². The lowest BCUT2D eigenvalue weighted by Crippen LogP contribution is -2.46. The predicted octanol–water partition coefficient (Wildman–Crippen LogP) is 3.34. The Labute approximate surface area is 181 Å². The molecule has 0 saturated carbocycles. The maximum Gasteiger partial charge on any atom is 0.321 e. The van der Waals surface area contributed by atoms with Crippen molar-refractivity contribution in [1.82, 2.24) is 15.1 Å². The number of alkyl halides is 2. The van der Waals surface area contributed by atoms with Crippen molar-refractivity contribution in [2.24, 2.45) is 7.05 Å². The Morgan fingerprint density at radius 1 is 1.25 bits per heavy atom. The minimum absolute atomic E-state index is 0.0474. The second-order valence-corrected chi connectivity index (χ2v) is 7.78. The number of methoxy groups -OCH3 is 1. The summed E-state index contributed by atoms with van der Waals surface area (Å²) in [7, 11) is 3.18. The molecule has 0 aliphatic carbocycles. The van der Waals surface area contributed by atoms with Crippen molar-refractivity contribution in [3.05, 3.63) is 54.0 Å². The average Bonchev–Trinajstić information content (AvgIpc) is 3.26. The van der Waals surface area contributed by atoms with Gasteiger partial charge in [-0.2, -0.15) is 13.9 Å². The number of fused-ring (bicyclic) bond motifs is 1. The molecule has 2 atom stereocenters. The number of halogens is 3. The molecule has 32 heavy (non-hydrogen) atoms. The Balaban J connectivity index is 1.83. The highest BCUT2D eigenvalue weighted by atomic mass is 19.3. The van der Waals surface area contributed by atoms with Gasteiger partial charge in [0.25, 0.3) is 5.91 Å². The lowest BCUT2D eigenvalue weighted by molar-refractivity contribution is -0.143. The molecule has 1 fully saturated rings. The monoisotopic (exact) mass is 446 g/mol. The highest BCUT2D eigenvalue weighted by Crippen LogP contribution is 2.40. The van der Waals surface area contributed by atoms with Crippen molar-refractivity contribution in [2.75, 3.05) is 12.0 Å². The van der Waals surface area contributed by atoms with Gasteiger partial charge < -0.3 is 15.0 Å². The van der Waals surface area contributed by atoms with Gasteiger partial charge in [-0.05, 0) is 36.4 Å². The summed E-state index contributed by atoms with van der Waals surface area (Å²) in [5, 5.41) is 7.15. The molecular formula is C22H21F3N4O3. The Morgan fingerprint density at radius 3 is 2.69 bits per heavy atom. The zero-order chi connectivity index (χ0) is 23.2. The van der Waals surface area contributed by atoms with Gasteiger partial charge in [0.2, 0.25) is 5.91 Å². The number of carbonyl (C=O) groups excluding carboxylic acids is 2. The van der Waals surface area contributed by atoms with Crippen molar-refractivity contribution < 1.29 is 27.5 Å². The molecule has 0 spiro atoms. The minimum atomic E-state index is -3.65. The highest BCUT2D eigenvalue weighted by molar-refractivity contribution is 6.00. The smallest absolute Gasteiger partial charge is 0.321 e. The van der Waals surface area contributed by atoms with E-state index < -0.39 is 35.6 Å². The SMILES string of the molecule is COc1ccc(F)c([C@H]2[C@H](NC(=O)C(C)(F)F)CC(=O)N2c2ccc3c(cnn3C)c2)c1. The molecule has 2 heterocycles. The zero-order valence-electron chi connectivity index (χ0n) is 17.6. The third-order valence-corrected chi connectivity index (χ3v) is 5.57. The van der Waals surface area contributed by atoms with Gasteiger partial charge in [0, 0.05) is 37.0 Å². The van der Waals surface area contributed by atoms with Crippen LogP contribution >= 0.6 is 0 Å². The first-order valence-corrected chi connectivity index (χ1v) is 9.86. The van der Waals surface area contributed by atoms with Crippen molar-refractivity contribution in [3.63, 3.8) is 0 Å².